The van der Waals surface area contributed by atoms with Crippen molar-refractivity contribution in [2.75, 3.05) is 6.54 Å². The van der Waals surface area contributed by atoms with E-state index in [9.17, 15) is 9.59 Å². The third kappa shape index (κ3) is 5.92. The van der Waals surface area contributed by atoms with E-state index in [2.05, 4.69) is 21.9 Å². The first-order chi connectivity index (χ1) is 11.1. The van der Waals surface area contributed by atoms with Crippen LogP contribution in [0.5, 0.6) is 0 Å². The molecule has 2 rings (SSSR count). The molecule has 0 aliphatic rings. The number of rotatable bonds is 7. The second kappa shape index (κ2) is 8.55. The Kier molecular flexibility index (Phi) is 6.43. The Morgan fingerprint density at radius 2 is 2.26 bits per heavy atom. The summed E-state index contributed by atoms with van der Waals surface area (Å²) in [5.74, 6) is 0.420. The molecular formula is C16H16ClN3O2S. The third-order valence-corrected chi connectivity index (χ3v) is 4.00. The Balaban J connectivity index is 2.03. The van der Waals surface area contributed by atoms with Gasteiger partial charge >= 0.3 is 0 Å². The summed E-state index contributed by atoms with van der Waals surface area (Å²) < 4.78 is 0. The van der Waals surface area contributed by atoms with Crippen LogP contribution in [0, 0.1) is 0 Å². The van der Waals surface area contributed by atoms with Crippen molar-refractivity contribution in [3.8, 4) is 0 Å². The summed E-state index contributed by atoms with van der Waals surface area (Å²) >= 11 is 7.32. The Bertz CT molecular complexity index is 761. The molecule has 1 aromatic carbocycles. The van der Waals surface area contributed by atoms with Gasteiger partial charge in [0, 0.05) is 23.4 Å². The maximum atomic E-state index is 11.7. The van der Waals surface area contributed by atoms with E-state index < -0.39 is 0 Å². The Morgan fingerprint density at radius 1 is 1.43 bits per heavy atom. The van der Waals surface area contributed by atoms with Crippen molar-refractivity contribution in [1.82, 2.24) is 15.3 Å². The monoisotopic (exact) mass is 349 g/mol. The molecule has 0 aliphatic carbocycles. The van der Waals surface area contributed by atoms with Crippen molar-refractivity contribution in [1.29, 1.82) is 0 Å². The van der Waals surface area contributed by atoms with Crippen LogP contribution in [-0.4, -0.2) is 22.4 Å². The SMILES string of the molecule is C=CCNC(=O)Cc1cc(=O)[nH]c(SCc2cccc(Cl)c2)n1. The standard InChI is InChI=1S/C16H16ClN3O2S/c1-2-6-18-14(21)8-13-9-15(22)20-16(19-13)23-10-11-4-3-5-12(17)7-11/h2-5,7,9H,1,6,8,10H2,(H,18,21)(H,19,20,22). The highest BCUT2D eigenvalue weighted by Crippen LogP contribution is 2.20. The number of hydrogen-bond acceptors (Lipinski definition) is 4. The average Bonchev–Trinajstić information content (AvgIpc) is 2.50. The molecule has 0 fully saturated rings. The van der Waals surface area contributed by atoms with E-state index in [0.29, 0.717) is 28.2 Å². The first-order valence-corrected chi connectivity index (χ1v) is 8.28. The molecule has 2 N–H and O–H groups in total. The van der Waals surface area contributed by atoms with Crippen LogP contribution >= 0.6 is 23.4 Å². The number of nitrogens with zero attached hydrogens (tertiary/aromatic N) is 1. The fraction of sp³-hybridized carbons (Fsp3) is 0.188. The zero-order valence-corrected chi connectivity index (χ0v) is 13.9. The van der Waals surface area contributed by atoms with Crippen LogP contribution in [0.1, 0.15) is 11.3 Å². The Morgan fingerprint density at radius 3 is 3.00 bits per heavy atom. The predicted molar refractivity (Wildman–Crippen MR) is 92.8 cm³/mol. The van der Waals surface area contributed by atoms with Crippen molar-refractivity contribution in [2.24, 2.45) is 0 Å². The number of H-pyrrole nitrogens is 1. The molecule has 0 unspecified atom stereocenters. The molecule has 1 aromatic heterocycles. The van der Waals surface area contributed by atoms with Gasteiger partial charge < -0.3 is 10.3 Å². The van der Waals surface area contributed by atoms with Gasteiger partial charge in [-0.2, -0.15) is 0 Å². The highest BCUT2D eigenvalue weighted by molar-refractivity contribution is 7.98. The first-order valence-electron chi connectivity index (χ1n) is 6.92. The van der Waals surface area contributed by atoms with Crippen LogP contribution < -0.4 is 10.9 Å². The summed E-state index contributed by atoms with van der Waals surface area (Å²) in [6.07, 6.45) is 1.65. The summed E-state index contributed by atoms with van der Waals surface area (Å²) in [5.41, 5.74) is 1.18. The number of nitrogens with one attached hydrogen (secondary N) is 2. The van der Waals surface area contributed by atoms with Crippen LogP contribution in [0.2, 0.25) is 5.02 Å². The van der Waals surface area contributed by atoms with E-state index in [1.165, 1.54) is 17.8 Å². The first kappa shape index (κ1) is 17.3. The average molecular weight is 350 g/mol. The minimum Gasteiger partial charge on any atom is -0.352 e. The van der Waals surface area contributed by atoms with Gasteiger partial charge in [-0.05, 0) is 17.7 Å². The zero-order chi connectivity index (χ0) is 16.7. The van der Waals surface area contributed by atoms with Crippen LogP contribution in [0.3, 0.4) is 0 Å². The fourth-order valence-corrected chi connectivity index (χ4v) is 2.88. The summed E-state index contributed by atoms with van der Waals surface area (Å²) in [6.45, 7) is 3.92. The quantitative estimate of drug-likeness (QED) is 0.457. The number of benzene rings is 1. The normalized spacial score (nSPS) is 10.3. The predicted octanol–water partition coefficient (Wildman–Crippen LogP) is 2.56. The van der Waals surface area contributed by atoms with Crippen molar-refractivity contribution in [3.05, 3.63) is 69.6 Å². The maximum Gasteiger partial charge on any atom is 0.251 e. The van der Waals surface area contributed by atoms with Gasteiger partial charge in [-0.3, -0.25) is 9.59 Å². The van der Waals surface area contributed by atoms with Gasteiger partial charge in [0.2, 0.25) is 5.91 Å². The van der Waals surface area contributed by atoms with Crippen LogP contribution in [-0.2, 0) is 17.0 Å². The van der Waals surface area contributed by atoms with E-state index in [1.807, 2.05) is 18.2 Å². The third-order valence-electron chi connectivity index (χ3n) is 2.82. The van der Waals surface area contributed by atoms with Crippen molar-refractivity contribution in [2.45, 2.75) is 17.3 Å². The minimum atomic E-state index is -0.278. The second-order valence-corrected chi connectivity index (χ2v) is 6.13. The van der Waals surface area contributed by atoms with E-state index in [4.69, 9.17) is 11.6 Å². The van der Waals surface area contributed by atoms with Crippen molar-refractivity contribution < 1.29 is 4.79 Å². The Labute approximate surface area is 143 Å². The molecule has 0 saturated carbocycles. The van der Waals surface area contributed by atoms with Gasteiger partial charge in [0.05, 0.1) is 12.1 Å². The maximum absolute atomic E-state index is 11.7. The summed E-state index contributed by atoms with van der Waals surface area (Å²) in [6, 6.07) is 8.81. The summed E-state index contributed by atoms with van der Waals surface area (Å²) in [5, 5.41) is 3.79. The Hall–Kier alpha value is -2.05. The fourth-order valence-electron chi connectivity index (χ4n) is 1.83. The molecule has 1 heterocycles. The summed E-state index contributed by atoms with van der Waals surface area (Å²) in [7, 11) is 0. The van der Waals surface area contributed by atoms with Gasteiger partial charge in [0.25, 0.3) is 5.56 Å². The van der Waals surface area contributed by atoms with Crippen LogP contribution in [0.15, 0.2) is 52.9 Å². The van der Waals surface area contributed by atoms with Crippen molar-refractivity contribution >= 4 is 29.3 Å². The lowest BCUT2D eigenvalue weighted by Gasteiger charge is -2.05. The van der Waals surface area contributed by atoms with Crippen LogP contribution in [0.25, 0.3) is 0 Å². The van der Waals surface area contributed by atoms with Gasteiger partial charge in [-0.15, -0.1) is 6.58 Å². The number of aromatic amines is 1. The smallest absolute Gasteiger partial charge is 0.251 e. The van der Waals surface area contributed by atoms with Gasteiger partial charge in [0.15, 0.2) is 5.16 Å². The van der Waals surface area contributed by atoms with Gasteiger partial charge in [-0.1, -0.05) is 41.6 Å². The molecular weight excluding hydrogens is 334 g/mol. The number of thioether (sulfide) groups is 1. The number of carbonyl (C=O) groups excluding carboxylic acids is 1. The van der Waals surface area contributed by atoms with E-state index in [1.54, 1.807) is 12.1 Å². The number of halogens is 1. The molecule has 0 aliphatic heterocycles. The molecule has 0 bridgehead atoms. The number of aromatic nitrogens is 2. The molecule has 5 nitrogen and oxygen atoms in total. The lowest BCUT2D eigenvalue weighted by Crippen LogP contribution is -2.26. The topological polar surface area (TPSA) is 74.8 Å². The molecule has 0 atom stereocenters. The second-order valence-electron chi connectivity index (χ2n) is 4.73. The molecule has 7 heteroatoms. The number of carbonyl (C=O) groups is 1. The van der Waals surface area contributed by atoms with Crippen LogP contribution in [0.4, 0.5) is 0 Å². The largest absolute Gasteiger partial charge is 0.352 e. The van der Waals surface area contributed by atoms with E-state index in [0.717, 1.165) is 5.56 Å². The molecule has 23 heavy (non-hydrogen) atoms. The molecule has 1 amide bonds. The number of hydrogen-bond donors (Lipinski definition) is 2. The van der Waals surface area contributed by atoms with Crippen molar-refractivity contribution in [3.63, 3.8) is 0 Å². The highest BCUT2D eigenvalue weighted by atomic mass is 35.5. The highest BCUT2D eigenvalue weighted by Gasteiger charge is 2.07. The summed E-state index contributed by atoms with van der Waals surface area (Å²) in [4.78, 5) is 30.3. The molecule has 0 radical (unpaired) electrons. The zero-order valence-electron chi connectivity index (χ0n) is 12.3. The van der Waals surface area contributed by atoms with E-state index in [-0.39, 0.29) is 17.9 Å². The molecule has 0 spiro atoms. The minimum absolute atomic E-state index is 0.0580. The van der Waals surface area contributed by atoms with E-state index >= 15 is 0 Å². The lowest BCUT2D eigenvalue weighted by molar-refractivity contribution is -0.120. The molecule has 2 aromatic rings. The lowest BCUT2D eigenvalue weighted by atomic mass is 10.2. The number of amides is 1. The van der Waals surface area contributed by atoms with Gasteiger partial charge in [0.1, 0.15) is 0 Å². The van der Waals surface area contributed by atoms with Gasteiger partial charge in [-0.25, -0.2) is 4.98 Å². The molecule has 120 valence electrons. The molecule has 0 saturated heterocycles.